The lowest BCUT2D eigenvalue weighted by Crippen LogP contribution is -2.51. The molecule has 0 saturated heterocycles. The van der Waals surface area contributed by atoms with Crippen molar-refractivity contribution in [2.45, 2.75) is 44.6 Å². The number of nitriles is 1. The zero-order valence-electron chi connectivity index (χ0n) is 13.8. The van der Waals surface area contributed by atoms with Crippen LogP contribution in [0, 0.1) is 28.4 Å². The number of nitrogens with zero attached hydrogens (tertiary/aromatic N) is 4. The number of rotatable bonds is 5. The number of amides is 1. The molecule has 1 saturated carbocycles. The summed E-state index contributed by atoms with van der Waals surface area (Å²) in [7, 11) is 1.59. The van der Waals surface area contributed by atoms with Gasteiger partial charge in [0.25, 0.3) is 5.91 Å². The molecule has 128 valence electrons. The summed E-state index contributed by atoms with van der Waals surface area (Å²) in [6.07, 6.45) is 4.14. The predicted octanol–water partition coefficient (Wildman–Crippen LogP) is 2.36. The summed E-state index contributed by atoms with van der Waals surface area (Å²) >= 11 is 0. The molecule has 0 unspecified atom stereocenters. The van der Waals surface area contributed by atoms with E-state index in [0.29, 0.717) is 18.5 Å². The van der Waals surface area contributed by atoms with Gasteiger partial charge in [0, 0.05) is 14.0 Å². The van der Waals surface area contributed by atoms with E-state index in [1.807, 2.05) is 0 Å². The number of ether oxygens (including phenoxy) is 1. The molecule has 0 N–H and O–H groups in total. The van der Waals surface area contributed by atoms with Gasteiger partial charge in [0.1, 0.15) is 11.2 Å². The summed E-state index contributed by atoms with van der Waals surface area (Å²) in [5.74, 6) is -0.853. The van der Waals surface area contributed by atoms with Gasteiger partial charge < -0.3 is 19.8 Å². The fourth-order valence-corrected chi connectivity index (χ4v) is 2.91. The van der Waals surface area contributed by atoms with Crippen molar-refractivity contribution in [1.82, 2.24) is 9.88 Å². The molecule has 1 aliphatic rings. The minimum Gasteiger partial charge on any atom is -0.476 e. The number of carbonyl (C=O) groups is 1. The molecule has 8 nitrogen and oxygen atoms in total. The number of aromatic nitrogens is 1. The van der Waals surface area contributed by atoms with Crippen molar-refractivity contribution >= 4 is 11.7 Å². The van der Waals surface area contributed by atoms with E-state index in [0.717, 1.165) is 19.3 Å². The lowest BCUT2D eigenvalue weighted by molar-refractivity contribution is -0.390. The number of hydrogen-bond acceptors (Lipinski definition) is 6. The molecule has 1 amide bonds. The summed E-state index contributed by atoms with van der Waals surface area (Å²) in [6.45, 7) is 1.26. The Morgan fingerprint density at radius 1 is 1.46 bits per heavy atom. The largest absolute Gasteiger partial charge is 0.476 e. The summed E-state index contributed by atoms with van der Waals surface area (Å²) in [6, 6.07) is 5.27. The van der Waals surface area contributed by atoms with Crippen molar-refractivity contribution in [3.8, 4) is 11.8 Å². The summed E-state index contributed by atoms with van der Waals surface area (Å²) in [4.78, 5) is 28.0. The van der Waals surface area contributed by atoms with Gasteiger partial charge in [0.05, 0.1) is 6.07 Å². The van der Waals surface area contributed by atoms with Crippen LogP contribution in [-0.4, -0.2) is 39.9 Å². The van der Waals surface area contributed by atoms with Crippen LogP contribution < -0.4 is 4.74 Å². The average Bonchev–Trinajstić information content (AvgIpc) is 2.60. The zero-order valence-corrected chi connectivity index (χ0v) is 13.8. The second kappa shape index (κ2) is 7.25. The quantitative estimate of drug-likeness (QED) is 0.605. The highest BCUT2D eigenvalue weighted by Gasteiger charge is 2.39. The molecule has 8 heteroatoms. The van der Waals surface area contributed by atoms with Crippen molar-refractivity contribution in [2.75, 3.05) is 13.7 Å². The highest BCUT2D eigenvalue weighted by atomic mass is 16.6. The maximum Gasteiger partial charge on any atom is 0.406 e. The molecule has 0 atom stereocenters. The van der Waals surface area contributed by atoms with Crippen molar-refractivity contribution < 1.29 is 14.5 Å². The standard InChI is InChI=1S/C16H20N4O4/c1-12-6-7-13(15(18-12)20(22)23)24-10-14(21)19(2)16(11-17)8-4-3-5-9-16/h6-7H,3-5,8-10H2,1-2H3. The number of carbonyl (C=O) groups excluding carboxylic acids is 1. The number of hydrogen-bond donors (Lipinski definition) is 0. The minimum atomic E-state index is -0.809. The van der Waals surface area contributed by atoms with Gasteiger partial charge in [-0.3, -0.25) is 4.79 Å². The Hall–Kier alpha value is -2.69. The fourth-order valence-electron chi connectivity index (χ4n) is 2.91. The van der Waals surface area contributed by atoms with E-state index in [1.54, 1.807) is 20.0 Å². The lowest BCUT2D eigenvalue weighted by atomic mass is 9.81. The lowest BCUT2D eigenvalue weighted by Gasteiger charge is -2.38. The van der Waals surface area contributed by atoms with Crippen molar-refractivity contribution in [3.63, 3.8) is 0 Å². The first-order valence-electron chi connectivity index (χ1n) is 7.82. The molecule has 0 bridgehead atoms. The van der Waals surface area contributed by atoms with Crippen molar-refractivity contribution in [3.05, 3.63) is 27.9 Å². The molecule has 2 rings (SSSR count). The molecule has 1 aromatic heterocycles. The Balaban J connectivity index is 2.08. The highest BCUT2D eigenvalue weighted by Crippen LogP contribution is 2.32. The van der Waals surface area contributed by atoms with E-state index < -0.39 is 16.3 Å². The van der Waals surface area contributed by atoms with E-state index in [4.69, 9.17) is 4.74 Å². The molecule has 24 heavy (non-hydrogen) atoms. The van der Waals surface area contributed by atoms with Gasteiger partial charge in [-0.1, -0.05) is 19.3 Å². The van der Waals surface area contributed by atoms with Gasteiger partial charge in [0.15, 0.2) is 6.61 Å². The van der Waals surface area contributed by atoms with E-state index in [1.165, 1.54) is 11.0 Å². The Morgan fingerprint density at radius 3 is 2.71 bits per heavy atom. The molecule has 1 aliphatic carbocycles. The molecule has 1 heterocycles. The van der Waals surface area contributed by atoms with Gasteiger partial charge in [-0.15, -0.1) is 0 Å². The first-order valence-corrected chi connectivity index (χ1v) is 7.82. The van der Waals surface area contributed by atoms with Crippen LogP contribution in [0.5, 0.6) is 5.75 Å². The molecular weight excluding hydrogens is 312 g/mol. The monoisotopic (exact) mass is 332 g/mol. The molecule has 0 spiro atoms. The van der Waals surface area contributed by atoms with Crippen LogP contribution in [-0.2, 0) is 4.79 Å². The Kier molecular flexibility index (Phi) is 5.34. The molecule has 0 aliphatic heterocycles. The Morgan fingerprint density at radius 2 is 2.12 bits per heavy atom. The number of nitro groups is 1. The third-order valence-corrected chi connectivity index (χ3v) is 4.41. The van der Waals surface area contributed by atoms with Crippen LogP contribution in [0.1, 0.15) is 37.8 Å². The third-order valence-electron chi connectivity index (χ3n) is 4.41. The average molecular weight is 332 g/mol. The molecule has 1 aromatic rings. The van der Waals surface area contributed by atoms with E-state index in [-0.39, 0.29) is 18.3 Å². The summed E-state index contributed by atoms with van der Waals surface area (Å²) in [5, 5.41) is 20.5. The molecule has 1 fully saturated rings. The van der Waals surface area contributed by atoms with Crippen LogP contribution >= 0.6 is 0 Å². The van der Waals surface area contributed by atoms with Gasteiger partial charge in [-0.05, 0) is 34.9 Å². The van der Waals surface area contributed by atoms with Crippen LogP contribution in [0.4, 0.5) is 5.82 Å². The summed E-state index contributed by atoms with van der Waals surface area (Å²) < 4.78 is 5.31. The normalized spacial score (nSPS) is 16.0. The minimum absolute atomic E-state index is 0.0537. The van der Waals surface area contributed by atoms with Crippen LogP contribution in [0.2, 0.25) is 0 Å². The van der Waals surface area contributed by atoms with Gasteiger partial charge >= 0.3 is 5.82 Å². The zero-order chi connectivity index (χ0) is 17.7. The number of aryl methyl sites for hydroxylation is 1. The number of likely N-dealkylation sites (N-methyl/N-ethyl adjacent to an activating group) is 1. The second-order valence-corrected chi connectivity index (χ2v) is 5.98. The molecular formula is C16H20N4O4. The van der Waals surface area contributed by atoms with E-state index in [2.05, 4.69) is 11.1 Å². The predicted molar refractivity (Wildman–Crippen MR) is 85.3 cm³/mol. The fraction of sp³-hybridized carbons (Fsp3) is 0.562. The SMILES string of the molecule is Cc1ccc(OCC(=O)N(C)C2(C#N)CCCCC2)c([N+](=O)[O-])n1. The Bertz CT molecular complexity index is 677. The van der Waals surface area contributed by atoms with Gasteiger partial charge in [-0.2, -0.15) is 5.26 Å². The van der Waals surface area contributed by atoms with Crippen LogP contribution in [0.25, 0.3) is 0 Å². The van der Waals surface area contributed by atoms with E-state index in [9.17, 15) is 20.2 Å². The second-order valence-electron chi connectivity index (χ2n) is 5.98. The first kappa shape index (κ1) is 17.7. The third kappa shape index (κ3) is 3.62. The molecule has 0 radical (unpaired) electrons. The number of pyridine rings is 1. The van der Waals surface area contributed by atoms with Crippen molar-refractivity contribution in [1.29, 1.82) is 5.26 Å². The first-order chi connectivity index (χ1) is 11.4. The Labute approximate surface area is 140 Å². The smallest absolute Gasteiger partial charge is 0.406 e. The van der Waals surface area contributed by atoms with Gasteiger partial charge in [-0.25, -0.2) is 0 Å². The maximum absolute atomic E-state index is 12.4. The van der Waals surface area contributed by atoms with Crippen LogP contribution in [0.15, 0.2) is 12.1 Å². The maximum atomic E-state index is 12.4. The highest BCUT2D eigenvalue weighted by molar-refractivity contribution is 5.79. The molecule has 0 aromatic carbocycles. The van der Waals surface area contributed by atoms with Crippen LogP contribution in [0.3, 0.4) is 0 Å². The van der Waals surface area contributed by atoms with Gasteiger partial charge in [0.2, 0.25) is 5.75 Å². The summed E-state index contributed by atoms with van der Waals surface area (Å²) in [5.41, 5.74) is -0.320. The van der Waals surface area contributed by atoms with E-state index >= 15 is 0 Å². The topological polar surface area (TPSA) is 109 Å². The van der Waals surface area contributed by atoms with Crippen molar-refractivity contribution in [2.24, 2.45) is 0 Å².